The third-order valence-corrected chi connectivity index (χ3v) is 3.46. The summed E-state index contributed by atoms with van der Waals surface area (Å²) in [5.41, 5.74) is 1.32. The molecule has 0 unspecified atom stereocenters. The molecule has 2 N–H and O–H groups in total. The van der Waals surface area contributed by atoms with E-state index in [4.69, 9.17) is 0 Å². The topological polar surface area (TPSA) is 57.3 Å². The number of amides is 1. The maximum Gasteiger partial charge on any atom is 0.255 e. The zero-order chi connectivity index (χ0) is 15.9. The van der Waals surface area contributed by atoms with Crippen molar-refractivity contribution in [1.82, 2.24) is 9.88 Å². The minimum Gasteiger partial charge on any atom is -0.369 e. The SMILES string of the molecule is CN(C)CCNc1cc(C(=O)Nc2cccc(Br)c2)ccn1. The van der Waals surface area contributed by atoms with Crippen LogP contribution >= 0.6 is 15.9 Å². The molecule has 5 nitrogen and oxygen atoms in total. The number of anilines is 2. The number of rotatable bonds is 6. The van der Waals surface area contributed by atoms with Gasteiger partial charge in [-0.15, -0.1) is 0 Å². The van der Waals surface area contributed by atoms with E-state index in [1.807, 2.05) is 38.4 Å². The van der Waals surface area contributed by atoms with Gasteiger partial charge in [0, 0.05) is 35.0 Å². The van der Waals surface area contributed by atoms with Crippen molar-refractivity contribution in [1.29, 1.82) is 0 Å². The summed E-state index contributed by atoms with van der Waals surface area (Å²) in [6.07, 6.45) is 1.63. The maximum absolute atomic E-state index is 12.3. The molecule has 0 radical (unpaired) electrons. The fourth-order valence-corrected chi connectivity index (χ4v) is 2.24. The molecule has 0 spiro atoms. The molecule has 22 heavy (non-hydrogen) atoms. The minimum atomic E-state index is -0.156. The van der Waals surface area contributed by atoms with Gasteiger partial charge in [0.05, 0.1) is 0 Å². The van der Waals surface area contributed by atoms with E-state index >= 15 is 0 Å². The molecule has 1 heterocycles. The molecule has 0 saturated carbocycles. The van der Waals surface area contributed by atoms with Gasteiger partial charge in [0.25, 0.3) is 5.91 Å². The second-order valence-electron chi connectivity index (χ2n) is 5.12. The predicted molar refractivity (Wildman–Crippen MR) is 93.4 cm³/mol. The second-order valence-corrected chi connectivity index (χ2v) is 6.04. The zero-order valence-corrected chi connectivity index (χ0v) is 14.2. The van der Waals surface area contributed by atoms with Gasteiger partial charge >= 0.3 is 0 Å². The van der Waals surface area contributed by atoms with Crippen molar-refractivity contribution in [2.24, 2.45) is 0 Å². The summed E-state index contributed by atoms with van der Waals surface area (Å²) in [5.74, 6) is 0.542. The average molecular weight is 363 g/mol. The van der Waals surface area contributed by atoms with Gasteiger partial charge in [-0.1, -0.05) is 22.0 Å². The molecule has 0 bridgehead atoms. The fourth-order valence-electron chi connectivity index (χ4n) is 1.85. The van der Waals surface area contributed by atoms with Crippen molar-refractivity contribution in [2.75, 3.05) is 37.8 Å². The third kappa shape index (κ3) is 5.13. The summed E-state index contributed by atoms with van der Waals surface area (Å²) >= 11 is 3.38. The molecule has 1 amide bonds. The number of carbonyl (C=O) groups excluding carboxylic acids is 1. The number of nitrogens with one attached hydrogen (secondary N) is 2. The number of likely N-dealkylation sites (N-methyl/N-ethyl adjacent to an activating group) is 1. The highest BCUT2D eigenvalue weighted by atomic mass is 79.9. The summed E-state index contributed by atoms with van der Waals surface area (Å²) in [5, 5.41) is 6.07. The largest absolute Gasteiger partial charge is 0.369 e. The van der Waals surface area contributed by atoms with E-state index in [0.29, 0.717) is 11.4 Å². The fraction of sp³-hybridized carbons (Fsp3) is 0.250. The maximum atomic E-state index is 12.3. The van der Waals surface area contributed by atoms with Crippen LogP contribution in [0.3, 0.4) is 0 Å². The number of aromatic nitrogens is 1. The van der Waals surface area contributed by atoms with Crippen molar-refractivity contribution in [3.8, 4) is 0 Å². The highest BCUT2D eigenvalue weighted by molar-refractivity contribution is 9.10. The van der Waals surface area contributed by atoms with Crippen LogP contribution in [0.15, 0.2) is 47.1 Å². The van der Waals surface area contributed by atoms with Crippen LogP contribution in [0.5, 0.6) is 0 Å². The summed E-state index contributed by atoms with van der Waals surface area (Å²) < 4.78 is 0.922. The van der Waals surface area contributed by atoms with E-state index in [1.165, 1.54) is 0 Å². The van der Waals surface area contributed by atoms with E-state index in [9.17, 15) is 4.79 Å². The number of halogens is 1. The Morgan fingerprint density at radius 2 is 2.09 bits per heavy atom. The van der Waals surface area contributed by atoms with Crippen LogP contribution in [0.25, 0.3) is 0 Å². The van der Waals surface area contributed by atoms with Crippen molar-refractivity contribution >= 4 is 33.3 Å². The molecule has 0 fully saturated rings. The Balaban J connectivity index is 2.00. The molecule has 0 aliphatic rings. The lowest BCUT2D eigenvalue weighted by Gasteiger charge is -2.11. The van der Waals surface area contributed by atoms with Crippen molar-refractivity contribution in [3.63, 3.8) is 0 Å². The Kier molecular flexibility index (Phi) is 5.91. The number of pyridine rings is 1. The van der Waals surface area contributed by atoms with Crippen LogP contribution in [0, 0.1) is 0 Å². The predicted octanol–water partition coefficient (Wildman–Crippen LogP) is 3.07. The molecule has 2 rings (SSSR count). The average Bonchev–Trinajstić information content (AvgIpc) is 2.47. The van der Waals surface area contributed by atoms with Crippen LogP contribution in [0.4, 0.5) is 11.5 Å². The Morgan fingerprint density at radius 1 is 1.27 bits per heavy atom. The first kappa shape index (κ1) is 16.5. The van der Waals surface area contributed by atoms with Crippen LogP contribution in [-0.4, -0.2) is 43.0 Å². The van der Waals surface area contributed by atoms with Gasteiger partial charge in [-0.2, -0.15) is 0 Å². The van der Waals surface area contributed by atoms with Gasteiger partial charge < -0.3 is 15.5 Å². The molecular weight excluding hydrogens is 344 g/mol. The molecule has 116 valence electrons. The molecule has 1 aromatic heterocycles. The molecule has 0 aliphatic heterocycles. The molecule has 6 heteroatoms. The van der Waals surface area contributed by atoms with E-state index in [-0.39, 0.29) is 5.91 Å². The summed E-state index contributed by atoms with van der Waals surface area (Å²) in [4.78, 5) is 18.6. The van der Waals surface area contributed by atoms with Gasteiger partial charge in [0.1, 0.15) is 5.82 Å². The monoisotopic (exact) mass is 362 g/mol. The standard InChI is InChI=1S/C16H19BrN4O/c1-21(2)9-8-19-15-10-12(6-7-18-15)16(22)20-14-5-3-4-13(17)11-14/h3-7,10-11H,8-9H2,1-2H3,(H,18,19)(H,20,22). The summed E-state index contributed by atoms with van der Waals surface area (Å²) in [6.45, 7) is 1.67. The minimum absolute atomic E-state index is 0.156. The van der Waals surface area contributed by atoms with Crippen molar-refractivity contribution < 1.29 is 4.79 Å². The van der Waals surface area contributed by atoms with Crippen molar-refractivity contribution in [3.05, 3.63) is 52.6 Å². The number of hydrogen-bond donors (Lipinski definition) is 2. The Morgan fingerprint density at radius 3 is 2.82 bits per heavy atom. The first-order chi connectivity index (χ1) is 10.5. The number of hydrogen-bond acceptors (Lipinski definition) is 4. The van der Waals surface area contributed by atoms with E-state index in [1.54, 1.807) is 18.3 Å². The number of benzene rings is 1. The van der Waals surface area contributed by atoms with Crippen LogP contribution in [-0.2, 0) is 0 Å². The van der Waals surface area contributed by atoms with E-state index in [0.717, 1.165) is 23.2 Å². The van der Waals surface area contributed by atoms with Crippen LogP contribution in [0.1, 0.15) is 10.4 Å². The van der Waals surface area contributed by atoms with E-state index < -0.39 is 0 Å². The molecule has 0 aliphatic carbocycles. The molecular formula is C16H19BrN4O. The summed E-state index contributed by atoms with van der Waals surface area (Å²) in [6, 6.07) is 10.9. The molecule has 0 saturated heterocycles. The van der Waals surface area contributed by atoms with Crippen molar-refractivity contribution in [2.45, 2.75) is 0 Å². The van der Waals surface area contributed by atoms with E-state index in [2.05, 4.69) is 36.4 Å². The third-order valence-electron chi connectivity index (χ3n) is 2.97. The van der Waals surface area contributed by atoms with Gasteiger partial charge in [-0.3, -0.25) is 4.79 Å². The quantitative estimate of drug-likeness (QED) is 0.828. The normalized spacial score (nSPS) is 10.5. The van der Waals surface area contributed by atoms with Crippen LogP contribution in [0.2, 0.25) is 0 Å². The highest BCUT2D eigenvalue weighted by Crippen LogP contribution is 2.17. The second kappa shape index (κ2) is 7.91. The first-order valence-corrected chi connectivity index (χ1v) is 7.75. The Labute approximate surface area is 138 Å². The molecule has 0 atom stereocenters. The van der Waals surface area contributed by atoms with Gasteiger partial charge in [0.15, 0.2) is 0 Å². The number of nitrogens with zero attached hydrogens (tertiary/aromatic N) is 2. The highest BCUT2D eigenvalue weighted by Gasteiger charge is 2.07. The van der Waals surface area contributed by atoms with Gasteiger partial charge in [-0.25, -0.2) is 4.98 Å². The smallest absolute Gasteiger partial charge is 0.255 e. The van der Waals surface area contributed by atoms with Gasteiger partial charge in [-0.05, 0) is 44.4 Å². The Hall–Kier alpha value is -1.92. The first-order valence-electron chi connectivity index (χ1n) is 6.96. The summed E-state index contributed by atoms with van der Waals surface area (Å²) in [7, 11) is 4.02. The van der Waals surface area contributed by atoms with Crippen LogP contribution < -0.4 is 10.6 Å². The van der Waals surface area contributed by atoms with Gasteiger partial charge in [0.2, 0.25) is 0 Å². The zero-order valence-electron chi connectivity index (χ0n) is 12.6. The lowest BCUT2D eigenvalue weighted by molar-refractivity contribution is 0.102. The molecule has 1 aromatic carbocycles. The molecule has 2 aromatic rings. The lowest BCUT2D eigenvalue weighted by Crippen LogP contribution is -2.21. The Bertz CT molecular complexity index is 646. The number of carbonyl (C=O) groups is 1. The lowest BCUT2D eigenvalue weighted by atomic mass is 10.2.